The number of H-pyrrole nitrogens is 1. The highest BCUT2D eigenvalue weighted by molar-refractivity contribution is 6.05. The van der Waals surface area contributed by atoms with Gasteiger partial charge in [-0.3, -0.25) is 9.59 Å². The smallest absolute Gasteiger partial charge is 0.276 e. The van der Waals surface area contributed by atoms with Gasteiger partial charge in [0.15, 0.2) is 5.82 Å². The SMILES string of the molecule is Nc1nc[nH]c(=O)c1NC(=O)c1ccc(F)cc1. The van der Waals surface area contributed by atoms with Crippen LogP contribution < -0.4 is 16.6 Å². The number of aromatic nitrogens is 2. The second kappa shape index (κ2) is 4.66. The molecule has 1 amide bonds. The lowest BCUT2D eigenvalue weighted by atomic mass is 10.2. The predicted molar refractivity (Wildman–Crippen MR) is 63.6 cm³/mol. The molecule has 0 saturated carbocycles. The Bertz CT molecular complexity index is 636. The van der Waals surface area contributed by atoms with Crippen molar-refractivity contribution < 1.29 is 9.18 Å². The van der Waals surface area contributed by atoms with Gasteiger partial charge in [-0.15, -0.1) is 0 Å². The zero-order valence-corrected chi connectivity index (χ0v) is 9.11. The molecule has 7 heteroatoms. The van der Waals surface area contributed by atoms with Crippen LogP contribution in [0.25, 0.3) is 0 Å². The molecule has 0 saturated heterocycles. The van der Waals surface area contributed by atoms with E-state index in [-0.39, 0.29) is 17.1 Å². The van der Waals surface area contributed by atoms with Crippen LogP contribution in [-0.4, -0.2) is 15.9 Å². The first-order valence-corrected chi connectivity index (χ1v) is 4.98. The molecule has 0 fully saturated rings. The number of carbonyl (C=O) groups is 1. The third-order valence-electron chi connectivity index (χ3n) is 2.23. The van der Waals surface area contributed by atoms with Gasteiger partial charge in [-0.1, -0.05) is 0 Å². The number of anilines is 2. The molecule has 92 valence electrons. The fourth-order valence-corrected chi connectivity index (χ4v) is 1.32. The molecule has 0 bridgehead atoms. The third-order valence-corrected chi connectivity index (χ3v) is 2.23. The van der Waals surface area contributed by atoms with Crippen LogP contribution in [0.15, 0.2) is 35.4 Å². The second-order valence-electron chi connectivity index (χ2n) is 3.45. The van der Waals surface area contributed by atoms with Gasteiger partial charge in [-0.25, -0.2) is 9.37 Å². The van der Waals surface area contributed by atoms with E-state index in [1.54, 1.807) is 0 Å². The molecule has 0 radical (unpaired) electrons. The largest absolute Gasteiger partial charge is 0.382 e. The van der Waals surface area contributed by atoms with Gasteiger partial charge in [-0.05, 0) is 24.3 Å². The first-order chi connectivity index (χ1) is 8.58. The van der Waals surface area contributed by atoms with E-state index in [0.717, 1.165) is 18.5 Å². The summed E-state index contributed by atoms with van der Waals surface area (Å²) in [5.74, 6) is -1.11. The Kier molecular flexibility index (Phi) is 3.05. The second-order valence-corrected chi connectivity index (χ2v) is 3.45. The summed E-state index contributed by atoms with van der Waals surface area (Å²) in [6.07, 6.45) is 1.13. The molecule has 18 heavy (non-hydrogen) atoms. The van der Waals surface area contributed by atoms with Crippen LogP contribution in [0.5, 0.6) is 0 Å². The summed E-state index contributed by atoms with van der Waals surface area (Å²) in [6, 6.07) is 4.88. The Labute approximate surface area is 101 Å². The van der Waals surface area contributed by atoms with Crippen molar-refractivity contribution in [1.82, 2.24) is 9.97 Å². The maximum Gasteiger partial charge on any atom is 0.276 e. The van der Waals surface area contributed by atoms with E-state index >= 15 is 0 Å². The number of nitrogens with zero attached hydrogens (tertiary/aromatic N) is 1. The Balaban J connectivity index is 2.27. The number of halogens is 1. The van der Waals surface area contributed by atoms with Crippen molar-refractivity contribution >= 4 is 17.4 Å². The van der Waals surface area contributed by atoms with Gasteiger partial charge >= 0.3 is 0 Å². The van der Waals surface area contributed by atoms with Crippen LogP contribution in [0.3, 0.4) is 0 Å². The average Bonchev–Trinajstić information content (AvgIpc) is 2.34. The number of rotatable bonds is 2. The summed E-state index contributed by atoms with van der Waals surface area (Å²) in [7, 11) is 0. The molecule has 2 aromatic rings. The molecular weight excluding hydrogens is 239 g/mol. The number of hydrogen-bond acceptors (Lipinski definition) is 4. The van der Waals surface area contributed by atoms with Crippen molar-refractivity contribution in [1.29, 1.82) is 0 Å². The van der Waals surface area contributed by atoms with E-state index in [0.29, 0.717) is 0 Å². The van der Waals surface area contributed by atoms with Crippen molar-refractivity contribution in [3.8, 4) is 0 Å². The number of benzene rings is 1. The lowest BCUT2D eigenvalue weighted by Crippen LogP contribution is -2.22. The van der Waals surface area contributed by atoms with Crippen LogP contribution >= 0.6 is 0 Å². The Hall–Kier alpha value is -2.70. The summed E-state index contributed by atoms with van der Waals surface area (Å²) in [5, 5.41) is 2.32. The summed E-state index contributed by atoms with van der Waals surface area (Å²) >= 11 is 0. The lowest BCUT2D eigenvalue weighted by Gasteiger charge is -2.05. The first-order valence-electron chi connectivity index (χ1n) is 4.98. The van der Waals surface area contributed by atoms with Gasteiger partial charge in [0.1, 0.15) is 11.5 Å². The van der Waals surface area contributed by atoms with Crippen molar-refractivity contribution in [2.45, 2.75) is 0 Å². The maximum absolute atomic E-state index is 12.7. The monoisotopic (exact) mass is 248 g/mol. The minimum atomic E-state index is -0.569. The fraction of sp³-hybridized carbons (Fsp3) is 0. The molecule has 0 atom stereocenters. The van der Waals surface area contributed by atoms with E-state index < -0.39 is 17.3 Å². The summed E-state index contributed by atoms with van der Waals surface area (Å²) in [5.41, 5.74) is 4.98. The minimum absolute atomic E-state index is 0.0887. The minimum Gasteiger partial charge on any atom is -0.382 e. The van der Waals surface area contributed by atoms with Crippen LogP contribution in [0.1, 0.15) is 10.4 Å². The molecule has 1 heterocycles. The molecule has 0 aliphatic carbocycles. The molecule has 0 spiro atoms. The van der Waals surface area contributed by atoms with Gasteiger partial charge in [0, 0.05) is 5.56 Å². The van der Waals surface area contributed by atoms with E-state index in [1.807, 2.05) is 0 Å². The van der Waals surface area contributed by atoms with E-state index in [9.17, 15) is 14.0 Å². The standard InChI is InChI=1S/C11H9FN4O2/c12-7-3-1-6(2-4-7)10(17)16-8-9(13)14-5-15-11(8)18/h1-5H,(H,16,17)(H3,13,14,15,18). The van der Waals surface area contributed by atoms with E-state index in [4.69, 9.17) is 5.73 Å². The van der Waals surface area contributed by atoms with Gasteiger partial charge in [0.05, 0.1) is 6.33 Å². The molecule has 2 rings (SSSR count). The van der Waals surface area contributed by atoms with E-state index in [2.05, 4.69) is 15.3 Å². The topological polar surface area (TPSA) is 101 Å². The van der Waals surface area contributed by atoms with Crippen LogP contribution in [0.2, 0.25) is 0 Å². The van der Waals surface area contributed by atoms with Crippen LogP contribution in [0.4, 0.5) is 15.9 Å². The quantitative estimate of drug-likeness (QED) is 0.729. The molecule has 4 N–H and O–H groups in total. The summed E-state index contributed by atoms with van der Waals surface area (Å²) in [6.45, 7) is 0. The zero-order chi connectivity index (χ0) is 13.1. The first kappa shape index (κ1) is 11.8. The Morgan fingerprint density at radius 3 is 2.61 bits per heavy atom. The summed E-state index contributed by atoms with van der Waals surface area (Å²) < 4.78 is 12.7. The molecule has 0 aliphatic rings. The third kappa shape index (κ3) is 2.34. The number of aromatic amines is 1. The van der Waals surface area contributed by atoms with Crippen molar-refractivity contribution in [3.05, 3.63) is 52.3 Å². The van der Waals surface area contributed by atoms with Crippen LogP contribution in [-0.2, 0) is 0 Å². The van der Waals surface area contributed by atoms with Gasteiger partial charge in [0.25, 0.3) is 11.5 Å². The van der Waals surface area contributed by atoms with Gasteiger partial charge < -0.3 is 16.0 Å². The number of nitrogen functional groups attached to an aromatic ring is 1. The Morgan fingerprint density at radius 2 is 2.00 bits per heavy atom. The van der Waals surface area contributed by atoms with Crippen LogP contribution in [0, 0.1) is 5.82 Å². The average molecular weight is 248 g/mol. The Morgan fingerprint density at radius 1 is 1.33 bits per heavy atom. The highest BCUT2D eigenvalue weighted by atomic mass is 19.1. The predicted octanol–water partition coefficient (Wildman–Crippen LogP) is 0.743. The van der Waals surface area contributed by atoms with E-state index in [1.165, 1.54) is 12.1 Å². The molecular formula is C11H9FN4O2. The van der Waals surface area contributed by atoms with Crippen molar-refractivity contribution in [3.63, 3.8) is 0 Å². The number of amides is 1. The molecule has 1 aromatic heterocycles. The highest BCUT2D eigenvalue weighted by Gasteiger charge is 2.11. The number of nitrogens with one attached hydrogen (secondary N) is 2. The number of hydrogen-bond donors (Lipinski definition) is 3. The molecule has 0 aliphatic heterocycles. The molecule has 6 nitrogen and oxygen atoms in total. The highest BCUT2D eigenvalue weighted by Crippen LogP contribution is 2.10. The zero-order valence-electron chi connectivity index (χ0n) is 9.11. The lowest BCUT2D eigenvalue weighted by molar-refractivity contribution is 0.102. The number of carbonyl (C=O) groups excluding carboxylic acids is 1. The van der Waals surface area contributed by atoms with Crippen molar-refractivity contribution in [2.75, 3.05) is 11.1 Å². The van der Waals surface area contributed by atoms with Gasteiger partial charge in [-0.2, -0.15) is 0 Å². The van der Waals surface area contributed by atoms with Gasteiger partial charge in [0.2, 0.25) is 0 Å². The number of nitrogens with two attached hydrogens (primary N) is 1. The molecule has 1 aromatic carbocycles. The normalized spacial score (nSPS) is 10.1. The summed E-state index contributed by atoms with van der Waals surface area (Å²) in [4.78, 5) is 29.1. The fourth-order valence-electron chi connectivity index (χ4n) is 1.32. The maximum atomic E-state index is 12.7. The molecule has 0 unspecified atom stereocenters. The van der Waals surface area contributed by atoms with Crippen molar-refractivity contribution in [2.24, 2.45) is 0 Å².